The van der Waals surface area contributed by atoms with E-state index in [-0.39, 0.29) is 5.76 Å². The average Bonchev–Trinajstić information content (AvgIpc) is 2.85. The third kappa shape index (κ3) is 3.09. The number of hydrogen-bond acceptors (Lipinski definition) is 4. The van der Waals surface area contributed by atoms with Crippen LogP contribution in [0.1, 0.15) is 21.7 Å². The first-order valence-corrected chi connectivity index (χ1v) is 6.14. The number of rotatable bonds is 4. The molecule has 0 aliphatic carbocycles. The van der Waals surface area contributed by atoms with Crippen LogP contribution in [-0.2, 0) is 11.3 Å². The summed E-state index contributed by atoms with van der Waals surface area (Å²) in [6.07, 6.45) is 1.47. The van der Waals surface area contributed by atoms with Crippen molar-refractivity contribution in [3.05, 3.63) is 52.4 Å². The highest BCUT2D eigenvalue weighted by atomic mass is 35.5. The number of benzene rings is 1. The summed E-state index contributed by atoms with van der Waals surface area (Å²) in [5.74, 6) is -0.253. The summed E-state index contributed by atoms with van der Waals surface area (Å²) in [4.78, 5) is 11.5. The van der Waals surface area contributed by atoms with Gasteiger partial charge in [-0.25, -0.2) is 4.79 Å². The van der Waals surface area contributed by atoms with Crippen LogP contribution in [-0.4, -0.2) is 13.1 Å². The van der Waals surface area contributed by atoms with Crippen molar-refractivity contribution in [3.63, 3.8) is 0 Å². The highest BCUT2D eigenvalue weighted by molar-refractivity contribution is 6.30. The van der Waals surface area contributed by atoms with E-state index in [4.69, 9.17) is 16.0 Å². The fraction of sp³-hybridized carbons (Fsp3) is 0.214. The van der Waals surface area contributed by atoms with Crippen molar-refractivity contribution in [1.29, 1.82) is 0 Å². The number of carbonyl (C=O) groups is 1. The first kappa shape index (κ1) is 13.5. The van der Waals surface area contributed by atoms with Crippen molar-refractivity contribution < 1.29 is 13.9 Å². The summed E-state index contributed by atoms with van der Waals surface area (Å²) in [5.41, 5.74) is 2.75. The van der Waals surface area contributed by atoms with Crippen LogP contribution in [0.25, 0.3) is 0 Å². The summed E-state index contributed by atoms with van der Waals surface area (Å²) in [5, 5.41) is 3.93. The predicted octanol–water partition coefficient (Wildman–Crippen LogP) is 3.64. The largest absolute Gasteiger partial charge is 0.463 e. The van der Waals surface area contributed by atoms with Crippen molar-refractivity contribution in [2.75, 3.05) is 12.4 Å². The van der Waals surface area contributed by atoms with Gasteiger partial charge in [-0.1, -0.05) is 11.6 Å². The fourth-order valence-corrected chi connectivity index (χ4v) is 1.99. The highest BCUT2D eigenvalue weighted by Gasteiger charge is 2.15. The van der Waals surface area contributed by atoms with E-state index >= 15 is 0 Å². The Bertz CT molecular complexity index is 592. The van der Waals surface area contributed by atoms with Crippen LogP contribution < -0.4 is 5.32 Å². The van der Waals surface area contributed by atoms with Gasteiger partial charge in [0.25, 0.3) is 0 Å². The molecule has 0 radical (unpaired) electrons. The number of esters is 1. The van der Waals surface area contributed by atoms with E-state index in [0.717, 1.165) is 16.8 Å². The number of halogens is 1. The molecule has 0 spiro atoms. The Morgan fingerprint density at radius 2 is 2.21 bits per heavy atom. The van der Waals surface area contributed by atoms with Crippen LogP contribution in [0.2, 0.25) is 5.02 Å². The van der Waals surface area contributed by atoms with Crippen LogP contribution in [0.5, 0.6) is 0 Å². The molecular weight excluding hydrogens is 266 g/mol. The Kier molecular flexibility index (Phi) is 4.12. The SMILES string of the molecule is COC(=O)c1occc1CNc1ccc(Cl)cc1C. The molecule has 19 heavy (non-hydrogen) atoms. The lowest BCUT2D eigenvalue weighted by atomic mass is 10.2. The Balaban J connectivity index is 2.10. The number of methoxy groups -OCH3 is 1. The predicted molar refractivity (Wildman–Crippen MR) is 73.6 cm³/mol. The zero-order chi connectivity index (χ0) is 13.8. The summed E-state index contributed by atoms with van der Waals surface area (Å²) in [6, 6.07) is 7.33. The molecule has 2 rings (SSSR count). The molecule has 1 aromatic carbocycles. The normalized spacial score (nSPS) is 10.3. The summed E-state index contributed by atoms with van der Waals surface area (Å²) < 4.78 is 9.77. The number of ether oxygens (including phenoxy) is 1. The molecule has 0 bridgehead atoms. The quantitative estimate of drug-likeness (QED) is 0.868. The molecule has 0 aliphatic rings. The minimum Gasteiger partial charge on any atom is -0.463 e. The topological polar surface area (TPSA) is 51.5 Å². The Hall–Kier alpha value is -1.94. The van der Waals surface area contributed by atoms with Crippen molar-refractivity contribution in [1.82, 2.24) is 0 Å². The summed E-state index contributed by atoms with van der Waals surface area (Å²) in [6.45, 7) is 2.44. The van der Waals surface area contributed by atoms with E-state index in [1.54, 1.807) is 6.07 Å². The molecule has 0 saturated carbocycles. The molecule has 1 heterocycles. The van der Waals surface area contributed by atoms with E-state index in [2.05, 4.69) is 10.1 Å². The molecule has 1 N–H and O–H groups in total. The second-order valence-electron chi connectivity index (χ2n) is 4.08. The molecule has 0 saturated heterocycles. The molecule has 4 nitrogen and oxygen atoms in total. The number of hydrogen-bond donors (Lipinski definition) is 1. The minimum absolute atomic E-state index is 0.224. The number of carbonyl (C=O) groups excluding carboxylic acids is 1. The van der Waals surface area contributed by atoms with Gasteiger partial charge in [0.05, 0.1) is 13.4 Å². The maximum Gasteiger partial charge on any atom is 0.374 e. The molecule has 0 unspecified atom stereocenters. The Morgan fingerprint density at radius 1 is 1.42 bits per heavy atom. The maximum absolute atomic E-state index is 11.5. The summed E-state index contributed by atoms with van der Waals surface area (Å²) in [7, 11) is 1.32. The number of furan rings is 1. The van der Waals surface area contributed by atoms with Crippen LogP contribution in [0.4, 0.5) is 5.69 Å². The lowest BCUT2D eigenvalue weighted by Crippen LogP contribution is -2.07. The second kappa shape index (κ2) is 5.80. The first-order chi connectivity index (χ1) is 9.11. The zero-order valence-corrected chi connectivity index (χ0v) is 11.5. The van der Waals surface area contributed by atoms with E-state index < -0.39 is 5.97 Å². The standard InChI is InChI=1S/C14H14ClNO3/c1-9-7-11(15)3-4-12(9)16-8-10-5-6-19-13(10)14(17)18-2/h3-7,16H,8H2,1-2H3. The molecule has 0 fully saturated rings. The van der Waals surface area contributed by atoms with Gasteiger partial charge in [0.2, 0.25) is 5.76 Å². The van der Waals surface area contributed by atoms with Gasteiger partial charge in [-0.3, -0.25) is 0 Å². The van der Waals surface area contributed by atoms with Crippen LogP contribution >= 0.6 is 11.6 Å². The van der Waals surface area contributed by atoms with Crippen LogP contribution in [0, 0.1) is 6.92 Å². The van der Waals surface area contributed by atoms with Gasteiger partial charge in [-0.05, 0) is 36.8 Å². The molecule has 0 atom stereocenters. The van der Waals surface area contributed by atoms with Gasteiger partial charge in [-0.2, -0.15) is 0 Å². The Labute approximate surface area is 116 Å². The van der Waals surface area contributed by atoms with Crippen molar-refractivity contribution in [2.24, 2.45) is 0 Å². The first-order valence-electron chi connectivity index (χ1n) is 5.76. The smallest absolute Gasteiger partial charge is 0.374 e. The third-order valence-electron chi connectivity index (χ3n) is 2.78. The van der Waals surface area contributed by atoms with E-state index in [0.29, 0.717) is 11.6 Å². The monoisotopic (exact) mass is 279 g/mol. The second-order valence-corrected chi connectivity index (χ2v) is 4.52. The molecule has 100 valence electrons. The zero-order valence-electron chi connectivity index (χ0n) is 10.7. The third-order valence-corrected chi connectivity index (χ3v) is 3.01. The van der Waals surface area contributed by atoms with Crippen molar-refractivity contribution >= 4 is 23.3 Å². The van der Waals surface area contributed by atoms with Crippen molar-refractivity contribution in [2.45, 2.75) is 13.5 Å². The molecule has 0 amide bonds. The van der Waals surface area contributed by atoms with Gasteiger partial charge in [0.1, 0.15) is 0 Å². The molecule has 1 aromatic heterocycles. The lowest BCUT2D eigenvalue weighted by Gasteiger charge is -2.09. The van der Waals surface area contributed by atoms with Gasteiger partial charge in [0.15, 0.2) is 0 Å². The molecule has 2 aromatic rings. The van der Waals surface area contributed by atoms with E-state index in [1.807, 2.05) is 25.1 Å². The summed E-state index contributed by atoms with van der Waals surface area (Å²) >= 11 is 5.90. The van der Waals surface area contributed by atoms with E-state index in [9.17, 15) is 4.79 Å². The molecule has 5 heteroatoms. The molecular formula is C14H14ClNO3. The van der Waals surface area contributed by atoms with Gasteiger partial charge in [-0.15, -0.1) is 0 Å². The number of nitrogens with one attached hydrogen (secondary N) is 1. The van der Waals surface area contributed by atoms with E-state index in [1.165, 1.54) is 13.4 Å². The van der Waals surface area contributed by atoms with Crippen molar-refractivity contribution in [3.8, 4) is 0 Å². The highest BCUT2D eigenvalue weighted by Crippen LogP contribution is 2.21. The van der Waals surface area contributed by atoms with Crippen LogP contribution in [0.3, 0.4) is 0 Å². The van der Waals surface area contributed by atoms with Gasteiger partial charge >= 0.3 is 5.97 Å². The number of aryl methyl sites for hydroxylation is 1. The van der Waals surface area contributed by atoms with Gasteiger partial charge in [0, 0.05) is 22.8 Å². The lowest BCUT2D eigenvalue weighted by molar-refractivity contribution is 0.0563. The fourth-order valence-electron chi connectivity index (χ4n) is 1.76. The Morgan fingerprint density at radius 3 is 2.89 bits per heavy atom. The maximum atomic E-state index is 11.5. The van der Waals surface area contributed by atoms with Crippen LogP contribution in [0.15, 0.2) is 34.9 Å². The minimum atomic E-state index is -0.477. The van der Waals surface area contributed by atoms with Gasteiger partial charge < -0.3 is 14.5 Å². The average molecular weight is 280 g/mol. The molecule has 0 aliphatic heterocycles. The number of anilines is 1.